The van der Waals surface area contributed by atoms with Gasteiger partial charge in [-0.3, -0.25) is 10.1 Å². The first kappa shape index (κ1) is 22.3. The molecule has 0 aromatic heterocycles. The molecule has 0 rings (SSSR count). The predicted octanol–water partition coefficient (Wildman–Crippen LogP) is 6.16. The van der Waals surface area contributed by atoms with Gasteiger partial charge in [-0.15, -0.1) is 0 Å². The number of carbonyl (C=O) groups excluding carboxylic acids is 1. The second-order valence-electron chi connectivity index (χ2n) is 5.98. The summed E-state index contributed by atoms with van der Waals surface area (Å²) in [5.74, 6) is 0. The fraction of sp³-hybridized carbons (Fsp3) is 0.650. The van der Waals surface area contributed by atoms with Gasteiger partial charge in [0.05, 0.1) is 4.92 Å². The van der Waals surface area contributed by atoms with E-state index >= 15 is 0 Å². The lowest BCUT2D eigenvalue weighted by Crippen LogP contribution is -1.98. The minimum absolute atomic E-state index is 0.243. The molecule has 24 heavy (non-hydrogen) atoms. The fourth-order valence-electron chi connectivity index (χ4n) is 2.36. The van der Waals surface area contributed by atoms with Crippen molar-refractivity contribution < 1.29 is 9.72 Å². The maximum absolute atomic E-state index is 11.0. The van der Waals surface area contributed by atoms with Crippen LogP contribution in [0.15, 0.2) is 36.1 Å². The van der Waals surface area contributed by atoms with Crippen molar-refractivity contribution in [3.8, 4) is 0 Å². The van der Waals surface area contributed by atoms with E-state index in [2.05, 4.69) is 19.1 Å². The van der Waals surface area contributed by atoms with Crippen LogP contribution in [0.2, 0.25) is 0 Å². The van der Waals surface area contributed by atoms with Crippen molar-refractivity contribution in [2.75, 3.05) is 0 Å². The standard InChI is InChI=1S/C20H33NO3/c1-2-3-4-5-11-14-17-20(21(23)24)18-15-12-9-7-6-8-10-13-16-19-22/h6,8-9,12,18-19H,2-5,7,10-11,13-17H2,1H3/b8-6+,12-9+,20-18-. The third kappa shape index (κ3) is 15.2. The predicted molar refractivity (Wildman–Crippen MR) is 100 cm³/mol. The Morgan fingerprint density at radius 1 is 0.875 bits per heavy atom. The fourth-order valence-corrected chi connectivity index (χ4v) is 2.36. The Kier molecular flexibility index (Phi) is 16.4. The molecule has 4 nitrogen and oxygen atoms in total. The number of rotatable bonds is 16. The third-order valence-corrected chi connectivity index (χ3v) is 3.81. The summed E-state index contributed by atoms with van der Waals surface area (Å²) in [5.41, 5.74) is 0.347. The van der Waals surface area contributed by atoms with E-state index in [1.165, 1.54) is 25.7 Å². The van der Waals surface area contributed by atoms with Crippen LogP contribution in [0.1, 0.15) is 84.0 Å². The molecule has 0 aliphatic carbocycles. The van der Waals surface area contributed by atoms with E-state index in [9.17, 15) is 14.9 Å². The van der Waals surface area contributed by atoms with Crippen molar-refractivity contribution in [1.82, 2.24) is 0 Å². The quantitative estimate of drug-likeness (QED) is 0.112. The second-order valence-corrected chi connectivity index (χ2v) is 5.98. The lowest BCUT2D eigenvalue weighted by Gasteiger charge is -2.00. The first-order valence-electron chi connectivity index (χ1n) is 9.29. The molecule has 0 aliphatic heterocycles. The molecule has 0 aromatic carbocycles. The van der Waals surface area contributed by atoms with Crippen LogP contribution in [0.4, 0.5) is 0 Å². The second kappa shape index (κ2) is 17.6. The molecule has 136 valence electrons. The minimum atomic E-state index is -0.243. The third-order valence-electron chi connectivity index (χ3n) is 3.81. The molecule has 0 heterocycles. The van der Waals surface area contributed by atoms with E-state index in [1.807, 2.05) is 12.2 Å². The number of unbranched alkanes of at least 4 members (excludes halogenated alkanes) is 7. The van der Waals surface area contributed by atoms with Crippen LogP contribution in [0, 0.1) is 10.1 Å². The van der Waals surface area contributed by atoms with Gasteiger partial charge < -0.3 is 4.79 Å². The maximum Gasteiger partial charge on any atom is 0.242 e. The van der Waals surface area contributed by atoms with E-state index in [4.69, 9.17) is 0 Å². The molecule has 0 bridgehead atoms. The SMILES string of the molecule is CCCCCCCC/C(=C/C/C=C/C/C=C/CCCC=O)[N+](=O)[O-]. The van der Waals surface area contributed by atoms with Gasteiger partial charge in [0.15, 0.2) is 0 Å². The van der Waals surface area contributed by atoms with Gasteiger partial charge in [0.2, 0.25) is 5.70 Å². The summed E-state index contributed by atoms with van der Waals surface area (Å²) in [6.07, 6.45) is 22.2. The normalized spacial score (nSPS) is 12.3. The lowest BCUT2D eigenvalue weighted by molar-refractivity contribution is -0.428. The Hall–Kier alpha value is -1.71. The van der Waals surface area contributed by atoms with Crippen LogP contribution in [-0.2, 0) is 4.79 Å². The average Bonchev–Trinajstić information content (AvgIpc) is 2.57. The van der Waals surface area contributed by atoms with Gasteiger partial charge in [-0.05, 0) is 38.2 Å². The Morgan fingerprint density at radius 3 is 2.25 bits per heavy atom. The van der Waals surface area contributed by atoms with Crippen LogP contribution in [0.5, 0.6) is 0 Å². The number of hydrogen-bond acceptors (Lipinski definition) is 3. The molecule has 0 unspecified atom stereocenters. The largest absolute Gasteiger partial charge is 0.303 e. The highest BCUT2D eigenvalue weighted by molar-refractivity contribution is 5.49. The molecular formula is C20H33NO3. The molecular weight excluding hydrogens is 302 g/mol. The molecule has 0 radical (unpaired) electrons. The number of carbonyl (C=O) groups is 1. The molecule has 0 saturated heterocycles. The van der Waals surface area contributed by atoms with E-state index in [-0.39, 0.29) is 4.92 Å². The molecule has 0 N–H and O–H groups in total. The molecule has 0 amide bonds. The van der Waals surface area contributed by atoms with Gasteiger partial charge in [0.25, 0.3) is 0 Å². The Labute approximate surface area is 146 Å². The van der Waals surface area contributed by atoms with Crippen molar-refractivity contribution in [2.24, 2.45) is 0 Å². The van der Waals surface area contributed by atoms with Crippen LogP contribution in [0.25, 0.3) is 0 Å². The summed E-state index contributed by atoms with van der Waals surface area (Å²) < 4.78 is 0. The highest BCUT2D eigenvalue weighted by Gasteiger charge is 2.08. The van der Waals surface area contributed by atoms with E-state index in [0.29, 0.717) is 25.0 Å². The zero-order valence-corrected chi connectivity index (χ0v) is 15.1. The van der Waals surface area contributed by atoms with Crippen LogP contribution in [0.3, 0.4) is 0 Å². The van der Waals surface area contributed by atoms with E-state index in [0.717, 1.165) is 38.4 Å². The Bertz CT molecular complexity index is 411. The Morgan fingerprint density at radius 2 is 1.54 bits per heavy atom. The number of nitro groups is 1. The summed E-state index contributed by atoms with van der Waals surface area (Å²) in [5, 5.41) is 11.0. The van der Waals surface area contributed by atoms with Crippen molar-refractivity contribution in [3.05, 3.63) is 46.2 Å². The first-order chi connectivity index (χ1) is 11.7. The summed E-state index contributed by atoms with van der Waals surface area (Å²) in [6.45, 7) is 2.19. The molecule has 4 heteroatoms. The summed E-state index contributed by atoms with van der Waals surface area (Å²) >= 11 is 0. The number of allylic oxidation sites excluding steroid dienone is 6. The van der Waals surface area contributed by atoms with Gasteiger partial charge in [0.1, 0.15) is 6.29 Å². The minimum Gasteiger partial charge on any atom is -0.303 e. The molecule has 0 fully saturated rings. The summed E-state index contributed by atoms with van der Waals surface area (Å²) in [4.78, 5) is 20.9. The molecule has 0 atom stereocenters. The van der Waals surface area contributed by atoms with Crippen molar-refractivity contribution >= 4 is 6.29 Å². The Balaban J connectivity index is 3.88. The van der Waals surface area contributed by atoms with Crippen molar-refractivity contribution in [1.29, 1.82) is 0 Å². The number of aldehydes is 1. The number of nitrogens with zero attached hydrogens (tertiary/aromatic N) is 1. The lowest BCUT2D eigenvalue weighted by atomic mass is 10.1. The highest BCUT2D eigenvalue weighted by Crippen LogP contribution is 2.13. The number of hydrogen-bond donors (Lipinski definition) is 0. The summed E-state index contributed by atoms with van der Waals surface area (Å²) in [7, 11) is 0. The van der Waals surface area contributed by atoms with Crippen molar-refractivity contribution in [3.63, 3.8) is 0 Å². The molecule has 0 aliphatic rings. The zero-order valence-electron chi connectivity index (χ0n) is 15.1. The molecule has 0 saturated carbocycles. The monoisotopic (exact) mass is 335 g/mol. The van der Waals surface area contributed by atoms with E-state index < -0.39 is 0 Å². The van der Waals surface area contributed by atoms with Gasteiger partial charge in [-0.1, -0.05) is 63.3 Å². The summed E-state index contributed by atoms with van der Waals surface area (Å²) in [6, 6.07) is 0. The van der Waals surface area contributed by atoms with Gasteiger partial charge in [-0.2, -0.15) is 0 Å². The van der Waals surface area contributed by atoms with Crippen LogP contribution in [-0.4, -0.2) is 11.2 Å². The van der Waals surface area contributed by atoms with Gasteiger partial charge >= 0.3 is 0 Å². The van der Waals surface area contributed by atoms with E-state index in [1.54, 1.807) is 6.08 Å². The molecule has 0 spiro atoms. The van der Waals surface area contributed by atoms with Crippen molar-refractivity contribution in [2.45, 2.75) is 84.0 Å². The highest BCUT2D eigenvalue weighted by atomic mass is 16.6. The smallest absolute Gasteiger partial charge is 0.242 e. The average molecular weight is 335 g/mol. The van der Waals surface area contributed by atoms with Crippen LogP contribution < -0.4 is 0 Å². The zero-order chi connectivity index (χ0) is 17.9. The first-order valence-corrected chi connectivity index (χ1v) is 9.29. The van der Waals surface area contributed by atoms with Crippen LogP contribution >= 0.6 is 0 Å². The topological polar surface area (TPSA) is 60.2 Å². The van der Waals surface area contributed by atoms with Gasteiger partial charge in [0, 0.05) is 12.8 Å². The molecule has 0 aromatic rings. The maximum atomic E-state index is 11.0. The van der Waals surface area contributed by atoms with Gasteiger partial charge in [-0.25, -0.2) is 0 Å².